The van der Waals surface area contributed by atoms with Gasteiger partial charge in [-0.3, -0.25) is 19.3 Å². The number of hydrogen-bond acceptors (Lipinski definition) is 7. The first kappa shape index (κ1) is 23.6. The maximum absolute atomic E-state index is 13.1. The van der Waals surface area contributed by atoms with Crippen LogP contribution in [0.1, 0.15) is 17.5 Å². The lowest BCUT2D eigenvalue weighted by molar-refractivity contribution is -0.145. The van der Waals surface area contributed by atoms with Crippen LogP contribution in [0.25, 0.3) is 0 Å². The molecule has 180 valence electrons. The summed E-state index contributed by atoms with van der Waals surface area (Å²) in [6.45, 7) is 7.75. The molecular weight excluding hydrogens is 434 g/mol. The van der Waals surface area contributed by atoms with Gasteiger partial charge in [-0.1, -0.05) is 17.7 Å². The number of carbonyl (C=O) groups is 3. The third-order valence-corrected chi connectivity index (χ3v) is 6.25. The molecule has 2 N–H and O–H groups in total. The normalized spacial score (nSPS) is 19.0. The summed E-state index contributed by atoms with van der Waals surface area (Å²) in [5, 5.41) is 5.67. The first-order chi connectivity index (χ1) is 16.4. The fraction of sp³-hybridized carbons (Fsp3) is 0.458. The zero-order valence-corrected chi connectivity index (χ0v) is 19.7. The molecule has 1 aromatic heterocycles. The Kier molecular flexibility index (Phi) is 7.36. The van der Waals surface area contributed by atoms with Gasteiger partial charge in [0.1, 0.15) is 6.04 Å². The van der Waals surface area contributed by atoms with Gasteiger partial charge < -0.3 is 20.4 Å². The number of nitrogens with zero attached hydrogens (tertiary/aromatic N) is 5. The molecule has 0 spiro atoms. The van der Waals surface area contributed by atoms with Crippen molar-refractivity contribution in [3.05, 3.63) is 47.8 Å². The van der Waals surface area contributed by atoms with E-state index in [1.807, 2.05) is 32.0 Å². The average Bonchev–Trinajstić information content (AvgIpc) is 2.83. The summed E-state index contributed by atoms with van der Waals surface area (Å²) in [4.78, 5) is 52.7. The molecule has 0 radical (unpaired) electrons. The molecule has 1 aromatic carbocycles. The van der Waals surface area contributed by atoms with E-state index in [2.05, 4.69) is 30.4 Å². The van der Waals surface area contributed by atoms with Crippen molar-refractivity contribution in [2.75, 3.05) is 56.0 Å². The van der Waals surface area contributed by atoms with Crippen molar-refractivity contribution in [3.63, 3.8) is 0 Å². The number of rotatable bonds is 6. The summed E-state index contributed by atoms with van der Waals surface area (Å²) < 4.78 is 0. The van der Waals surface area contributed by atoms with E-state index in [-0.39, 0.29) is 30.7 Å². The monoisotopic (exact) mass is 465 g/mol. The molecule has 3 amide bonds. The van der Waals surface area contributed by atoms with Crippen LogP contribution in [0, 0.1) is 13.8 Å². The quantitative estimate of drug-likeness (QED) is 0.642. The topological polar surface area (TPSA) is 111 Å². The lowest BCUT2D eigenvalue weighted by Gasteiger charge is -2.38. The second-order valence-electron chi connectivity index (χ2n) is 8.78. The zero-order valence-electron chi connectivity index (χ0n) is 19.7. The van der Waals surface area contributed by atoms with Crippen molar-refractivity contribution >= 4 is 29.4 Å². The van der Waals surface area contributed by atoms with Crippen LogP contribution in [0.2, 0.25) is 0 Å². The minimum atomic E-state index is -0.814. The lowest BCUT2D eigenvalue weighted by atomic mass is 10.1. The highest BCUT2D eigenvalue weighted by molar-refractivity contribution is 5.98. The van der Waals surface area contributed by atoms with E-state index in [1.165, 1.54) is 0 Å². The molecule has 0 bridgehead atoms. The molecule has 10 heteroatoms. The van der Waals surface area contributed by atoms with Gasteiger partial charge in [-0.05, 0) is 31.5 Å². The number of amides is 3. The van der Waals surface area contributed by atoms with Crippen LogP contribution in [0.5, 0.6) is 0 Å². The van der Waals surface area contributed by atoms with Crippen molar-refractivity contribution < 1.29 is 14.4 Å². The number of anilines is 2. The molecule has 2 saturated heterocycles. The molecule has 0 aliphatic carbocycles. The van der Waals surface area contributed by atoms with Crippen molar-refractivity contribution in [2.24, 2.45) is 0 Å². The van der Waals surface area contributed by atoms with Crippen molar-refractivity contribution in [2.45, 2.75) is 26.3 Å². The molecule has 3 heterocycles. The van der Waals surface area contributed by atoms with Gasteiger partial charge >= 0.3 is 0 Å². The van der Waals surface area contributed by atoms with Crippen molar-refractivity contribution in [3.8, 4) is 0 Å². The SMILES string of the molecule is Cc1ccc(NC(=O)C[C@@H]2C(=O)NCCN2C(=O)CN2CCN(c3ncccn3)CC2)c(C)c1. The first-order valence-electron chi connectivity index (χ1n) is 11.6. The van der Waals surface area contributed by atoms with Crippen LogP contribution >= 0.6 is 0 Å². The van der Waals surface area contributed by atoms with E-state index < -0.39 is 6.04 Å². The van der Waals surface area contributed by atoms with E-state index >= 15 is 0 Å². The molecule has 1 atom stereocenters. The van der Waals surface area contributed by atoms with Gasteiger partial charge in [-0.25, -0.2) is 9.97 Å². The summed E-state index contributed by atoms with van der Waals surface area (Å²) in [5.41, 5.74) is 2.77. The van der Waals surface area contributed by atoms with Crippen LogP contribution in [0.3, 0.4) is 0 Å². The highest BCUT2D eigenvalue weighted by Crippen LogP contribution is 2.18. The fourth-order valence-electron chi connectivity index (χ4n) is 4.39. The second-order valence-corrected chi connectivity index (χ2v) is 8.78. The minimum Gasteiger partial charge on any atom is -0.353 e. The Morgan fingerprint density at radius 1 is 1.09 bits per heavy atom. The third kappa shape index (κ3) is 5.69. The largest absolute Gasteiger partial charge is 0.353 e. The molecule has 34 heavy (non-hydrogen) atoms. The molecule has 2 fully saturated rings. The predicted octanol–water partition coefficient (Wildman–Crippen LogP) is 0.571. The molecule has 2 aromatic rings. The summed E-state index contributed by atoms with van der Waals surface area (Å²) in [6, 6.07) is 6.74. The number of aryl methyl sites for hydroxylation is 2. The maximum Gasteiger partial charge on any atom is 0.243 e. The molecule has 2 aliphatic heterocycles. The molecular formula is C24H31N7O3. The highest BCUT2D eigenvalue weighted by Gasteiger charge is 2.35. The van der Waals surface area contributed by atoms with Gasteiger partial charge in [0.05, 0.1) is 13.0 Å². The Morgan fingerprint density at radius 3 is 2.53 bits per heavy atom. The summed E-state index contributed by atoms with van der Waals surface area (Å²) in [6.07, 6.45) is 3.36. The molecule has 10 nitrogen and oxygen atoms in total. The standard InChI is InChI=1S/C24H31N7O3/c1-17-4-5-19(18(2)14-17)28-21(32)15-20-23(34)25-8-9-31(20)22(33)16-29-10-12-30(13-11-29)24-26-6-3-7-27-24/h3-7,14,20H,8-13,15-16H2,1-2H3,(H,25,34)(H,28,32)/t20-/m1/s1. The Labute approximate surface area is 199 Å². The van der Waals surface area contributed by atoms with Gasteiger partial charge in [0.25, 0.3) is 0 Å². The summed E-state index contributed by atoms with van der Waals surface area (Å²) >= 11 is 0. The van der Waals surface area contributed by atoms with Gasteiger partial charge in [0, 0.05) is 57.3 Å². The second kappa shape index (κ2) is 10.6. The lowest BCUT2D eigenvalue weighted by Crippen LogP contribution is -2.60. The number of nitrogens with one attached hydrogen (secondary N) is 2. The van der Waals surface area contributed by atoms with Gasteiger partial charge in [0.2, 0.25) is 23.7 Å². The Morgan fingerprint density at radius 2 is 1.82 bits per heavy atom. The van der Waals surface area contributed by atoms with Gasteiger partial charge in [-0.15, -0.1) is 0 Å². The van der Waals surface area contributed by atoms with E-state index in [9.17, 15) is 14.4 Å². The average molecular weight is 466 g/mol. The van der Waals surface area contributed by atoms with Crippen LogP contribution in [0.4, 0.5) is 11.6 Å². The van der Waals surface area contributed by atoms with Crippen molar-refractivity contribution in [1.82, 2.24) is 25.1 Å². The molecule has 0 saturated carbocycles. The molecule has 4 rings (SSSR count). The summed E-state index contributed by atoms with van der Waals surface area (Å²) in [5.74, 6) is -0.0238. The van der Waals surface area contributed by atoms with Crippen LogP contribution in [-0.2, 0) is 14.4 Å². The highest BCUT2D eigenvalue weighted by atomic mass is 16.2. The number of benzene rings is 1. The van der Waals surface area contributed by atoms with Crippen LogP contribution in [-0.4, -0.2) is 89.3 Å². The third-order valence-electron chi connectivity index (χ3n) is 6.25. The Balaban J connectivity index is 1.33. The van der Waals surface area contributed by atoms with Gasteiger partial charge in [0.15, 0.2) is 0 Å². The predicted molar refractivity (Wildman–Crippen MR) is 128 cm³/mol. The summed E-state index contributed by atoms with van der Waals surface area (Å²) in [7, 11) is 0. The number of hydrogen-bond donors (Lipinski definition) is 2. The van der Waals surface area contributed by atoms with Crippen LogP contribution in [0.15, 0.2) is 36.7 Å². The maximum atomic E-state index is 13.1. The fourth-order valence-corrected chi connectivity index (χ4v) is 4.39. The Hall–Kier alpha value is -3.53. The Bertz CT molecular complexity index is 1040. The zero-order chi connectivity index (χ0) is 24.1. The number of piperazine rings is 2. The molecule has 0 unspecified atom stereocenters. The van der Waals surface area contributed by atoms with Crippen LogP contribution < -0.4 is 15.5 Å². The van der Waals surface area contributed by atoms with E-state index in [0.717, 1.165) is 24.2 Å². The van der Waals surface area contributed by atoms with E-state index in [4.69, 9.17) is 0 Å². The smallest absolute Gasteiger partial charge is 0.243 e. The minimum absolute atomic E-state index is 0.0794. The first-order valence-corrected chi connectivity index (χ1v) is 11.6. The van der Waals surface area contributed by atoms with E-state index in [0.29, 0.717) is 37.8 Å². The van der Waals surface area contributed by atoms with E-state index in [1.54, 1.807) is 23.4 Å². The van der Waals surface area contributed by atoms with Gasteiger partial charge in [-0.2, -0.15) is 0 Å². The molecule has 2 aliphatic rings. The van der Waals surface area contributed by atoms with Crippen molar-refractivity contribution in [1.29, 1.82) is 0 Å². The number of carbonyl (C=O) groups excluding carboxylic acids is 3. The number of aromatic nitrogens is 2.